The second-order valence-electron chi connectivity index (χ2n) is 14.5. The molecule has 3 N–H and O–H groups in total. The summed E-state index contributed by atoms with van der Waals surface area (Å²) in [7, 11) is 0. The van der Waals surface area contributed by atoms with Crippen LogP contribution in [0.5, 0.6) is 5.75 Å². The van der Waals surface area contributed by atoms with Crippen LogP contribution in [-0.4, -0.2) is 70.0 Å². The fourth-order valence-electron chi connectivity index (χ4n) is 7.82. The van der Waals surface area contributed by atoms with Crippen LogP contribution in [-0.2, 0) is 32.0 Å². The van der Waals surface area contributed by atoms with Gasteiger partial charge in [0.05, 0.1) is 6.04 Å². The number of rotatable bonds is 16. The van der Waals surface area contributed by atoms with Crippen LogP contribution in [0.1, 0.15) is 68.8 Å². The van der Waals surface area contributed by atoms with E-state index in [0.717, 1.165) is 36.8 Å². The zero-order chi connectivity index (χ0) is 39.0. The third-order valence-corrected chi connectivity index (χ3v) is 11.0. The van der Waals surface area contributed by atoms with Gasteiger partial charge in [0, 0.05) is 48.4 Å². The van der Waals surface area contributed by atoms with Crippen LogP contribution in [0.15, 0.2) is 103 Å². The molecule has 2 heterocycles. The summed E-state index contributed by atoms with van der Waals surface area (Å²) in [5.41, 5.74) is 2.45. The number of anilines is 1. The van der Waals surface area contributed by atoms with Gasteiger partial charge in [0.15, 0.2) is 6.61 Å². The van der Waals surface area contributed by atoms with Crippen molar-refractivity contribution in [3.8, 4) is 5.75 Å². The number of hydrogen-bond acceptors (Lipinski definition) is 8. The molecule has 2 fully saturated rings. The molecule has 288 valence electrons. The van der Waals surface area contributed by atoms with Gasteiger partial charge in [-0.05, 0) is 91.8 Å². The van der Waals surface area contributed by atoms with Crippen LogP contribution in [0.25, 0.3) is 0 Å². The molecule has 2 aliphatic rings. The predicted molar refractivity (Wildman–Crippen MR) is 210 cm³/mol. The molecule has 0 radical (unpaired) electrons. The highest BCUT2D eigenvalue weighted by Crippen LogP contribution is 2.44. The normalized spacial score (nSPS) is 18.9. The Morgan fingerprint density at radius 2 is 1.65 bits per heavy atom. The molecule has 4 unspecified atom stereocenters. The molecule has 11 nitrogen and oxygen atoms in total. The zero-order valence-electron chi connectivity index (χ0n) is 31.2. The molecule has 1 aromatic heterocycles. The van der Waals surface area contributed by atoms with E-state index in [9.17, 15) is 24.3 Å². The lowest BCUT2D eigenvalue weighted by atomic mass is 9.80. The van der Waals surface area contributed by atoms with E-state index >= 15 is 0 Å². The number of pyridine rings is 1. The minimum Gasteiger partial charge on any atom is -0.484 e. The largest absolute Gasteiger partial charge is 0.484 e. The van der Waals surface area contributed by atoms with Gasteiger partial charge in [-0.15, -0.1) is 0 Å². The summed E-state index contributed by atoms with van der Waals surface area (Å²) in [6, 6.07) is 25.7. The molecule has 55 heavy (non-hydrogen) atoms. The van der Waals surface area contributed by atoms with E-state index in [1.54, 1.807) is 52.5 Å². The molecular formula is C43H48ClN5O6. The summed E-state index contributed by atoms with van der Waals surface area (Å²) in [5, 5.41) is 18.0. The van der Waals surface area contributed by atoms with Gasteiger partial charge in [0.1, 0.15) is 30.0 Å². The number of aliphatic hydroxyl groups is 1. The summed E-state index contributed by atoms with van der Waals surface area (Å²) in [6.45, 7) is 3.16. The number of ketones is 1. The second kappa shape index (κ2) is 18.0. The number of nitrogens with zero attached hydrogens (tertiary/aromatic N) is 3. The number of aliphatic hydroxyl groups excluding tert-OH is 1. The third-order valence-electron chi connectivity index (χ3n) is 10.8. The van der Waals surface area contributed by atoms with Crippen molar-refractivity contribution in [1.29, 1.82) is 0 Å². The topological polar surface area (TPSA) is 141 Å². The van der Waals surface area contributed by atoms with Gasteiger partial charge < -0.3 is 20.1 Å². The van der Waals surface area contributed by atoms with Crippen LogP contribution >= 0.6 is 11.6 Å². The summed E-state index contributed by atoms with van der Waals surface area (Å²) in [4.78, 5) is 60.8. The smallest absolute Gasteiger partial charge is 0.263 e. The number of para-hydroxylation sites is 1. The minimum absolute atomic E-state index is 0.110. The van der Waals surface area contributed by atoms with Crippen molar-refractivity contribution in [2.24, 2.45) is 5.41 Å². The lowest BCUT2D eigenvalue weighted by molar-refractivity contribution is -0.138. The van der Waals surface area contributed by atoms with Crippen LogP contribution in [0.2, 0.25) is 5.02 Å². The van der Waals surface area contributed by atoms with Gasteiger partial charge >= 0.3 is 0 Å². The Labute approximate surface area is 327 Å². The van der Waals surface area contributed by atoms with Crippen LogP contribution in [0.3, 0.4) is 0 Å². The standard InChI is InChI=1S/C43H48ClN5O6/c1-29(50)37(47-42(54)43(20-6-7-21-43)22-24-46-30(2)51)25-31-12-18-35(19-13-31)48-40(33-14-16-34(44)17-15-33)49(39(52)28-55-36-10-4-3-5-11-36)38(41(48)53)26-32-9-8-23-45-27-32/h3-5,8-19,23,27,37-38,40,42,47,54H,6-7,20-22,24-26,28H2,1-2H3,(H,46,51). The number of nitrogens with one attached hydrogen (secondary N) is 2. The van der Waals surface area contributed by atoms with Gasteiger partial charge in [0.25, 0.3) is 11.8 Å². The molecule has 1 aliphatic carbocycles. The van der Waals surface area contributed by atoms with Crippen LogP contribution < -0.4 is 20.3 Å². The first-order valence-corrected chi connectivity index (χ1v) is 19.2. The molecule has 1 saturated heterocycles. The lowest BCUT2D eigenvalue weighted by Gasteiger charge is -2.37. The number of carbonyl (C=O) groups is 4. The molecule has 3 amide bonds. The number of ether oxygens (including phenoxy) is 1. The summed E-state index contributed by atoms with van der Waals surface area (Å²) >= 11 is 6.30. The van der Waals surface area contributed by atoms with Gasteiger partial charge in [-0.3, -0.25) is 34.4 Å². The van der Waals surface area contributed by atoms with Gasteiger partial charge in [0.2, 0.25) is 5.91 Å². The van der Waals surface area contributed by atoms with Crippen LogP contribution in [0, 0.1) is 5.41 Å². The Balaban J connectivity index is 1.27. The fourth-order valence-corrected chi connectivity index (χ4v) is 7.95. The SMILES string of the molecule is CC(=O)NCCC1(C(O)NC(Cc2ccc(N3C(=O)C(Cc4cccnc4)N(C(=O)COc4ccccc4)C3c3ccc(Cl)cc3)cc2)C(C)=O)CCCC1. The predicted octanol–water partition coefficient (Wildman–Crippen LogP) is 5.79. The molecular weight excluding hydrogens is 718 g/mol. The van der Waals surface area contributed by atoms with E-state index in [1.165, 1.54) is 13.8 Å². The van der Waals surface area contributed by atoms with Crippen molar-refractivity contribution in [3.05, 3.63) is 125 Å². The molecule has 0 spiro atoms. The minimum atomic E-state index is -0.926. The molecule has 4 aromatic rings. The maximum atomic E-state index is 14.6. The van der Waals surface area contributed by atoms with Crippen molar-refractivity contribution in [2.45, 2.75) is 83.3 Å². The first kappa shape index (κ1) is 39.6. The maximum absolute atomic E-state index is 14.6. The number of hydrogen-bond donors (Lipinski definition) is 3. The number of Topliss-reactive ketones (excluding diaryl/α,β-unsaturated/α-hetero) is 1. The van der Waals surface area contributed by atoms with Crippen molar-refractivity contribution in [1.82, 2.24) is 20.5 Å². The first-order valence-electron chi connectivity index (χ1n) is 18.8. The lowest BCUT2D eigenvalue weighted by Crippen LogP contribution is -2.52. The molecule has 0 bridgehead atoms. The highest BCUT2D eigenvalue weighted by Gasteiger charge is 2.50. The monoisotopic (exact) mass is 765 g/mol. The fraction of sp³-hybridized carbons (Fsp3) is 0.372. The Morgan fingerprint density at radius 3 is 2.29 bits per heavy atom. The zero-order valence-corrected chi connectivity index (χ0v) is 32.0. The summed E-state index contributed by atoms with van der Waals surface area (Å²) < 4.78 is 5.90. The third kappa shape index (κ3) is 9.59. The van der Waals surface area contributed by atoms with E-state index in [2.05, 4.69) is 15.6 Å². The Morgan fingerprint density at radius 1 is 0.945 bits per heavy atom. The highest BCUT2D eigenvalue weighted by atomic mass is 35.5. The maximum Gasteiger partial charge on any atom is 0.263 e. The van der Waals surface area contributed by atoms with Crippen LogP contribution in [0.4, 0.5) is 5.69 Å². The van der Waals surface area contributed by atoms with Crippen molar-refractivity contribution < 1.29 is 29.0 Å². The summed E-state index contributed by atoms with van der Waals surface area (Å²) in [6.07, 6.45) is 6.34. The highest BCUT2D eigenvalue weighted by molar-refractivity contribution is 6.30. The van der Waals surface area contributed by atoms with E-state index in [1.807, 2.05) is 60.7 Å². The Kier molecular flexibility index (Phi) is 13.0. The molecule has 12 heteroatoms. The van der Waals surface area contributed by atoms with Crippen molar-refractivity contribution in [3.63, 3.8) is 0 Å². The first-order chi connectivity index (χ1) is 26.5. The Hall–Kier alpha value is -5.10. The average Bonchev–Trinajstić information content (AvgIpc) is 3.78. The van der Waals surface area contributed by atoms with E-state index in [-0.39, 0.29) is 36.5 Å². The molecule has 3 aromatic carbocycles. The van der Waals surface area contributed by atoms with E-state index < -0.39 is 29.9 Å². The van der Waals surface area contributed by atoms with E-state index in [0.29, 0.717) is 41.4 Å². The number of benzene rings is 3. The molecule has 4 atom stereocenters. The summed E-state index contributed by atoms with van der Waals surface area (Å²) in [5.74, 6) is -0.319. The van der Waals surface area contributed by atoms with Crippen molar-refractivity contribution >= 4 is 40.8 Å². The van der Waals surface area contributed by atoms with Gasteiger partial charge in [-0.25, -0.2) is 0 Å². The van der Waals surface area contributed by atoms with Gasteiger partial charge in [-0.2, -0.15) is 0 Å². The van der Waals surface area contributed by atoms with Crippen molar-refractivity contribution in [2.75, 3.05) is 18.1 Å². The Bertz CT molecular complexity index is 1920. The number of amides is 3. The average molecular weight is 766 g/mol. The number of carbonyl (C=O) groups excluding carboxylic acids is 4. The van der Waals surface area contributed by atoms with E-state index in [4.69, 9.17) is 16.3 Å². The van der Waals surface area contributed by atoms with Gasteiger partial charge in [-0.1, -0.05) is 73.0 Å². The molecule has 1 aliphatic heterocycles. The second-order valence-corrected chi connectivity index (χ2v) is 15.0. The molecule has 6 rings (SSSR count). The quantitative estimate of drug-likeness (QED) is 0.122. The number of aromatic nitrogens is 1. The number of halogens is 1. The molecule has 1 saturated carbocycles.